The van der Waals surface area contributed by atoms with Crippen LogP contribution in [0.15, 0.2) is 53.4 Å². The van der Waals surface area contributed by atoms with Gasteiger partial charge in [0.25, 0.3) is 10.0 Å². The van der Waals surface area contributed by atoms with Gasteiger partial charge < -0.3 is 9.47 Å². The third-order valence-electron chi connectivity index (χ3n) is 3.14. The first kappa shape index (κ1) is 17.5. The number of esters is 2. The highest BCUT2D eigenvalue weighted by atomic mass is 32.2. The van der Waals surface area contributed by atoms with Crippen LogP contribution in [-0.2, 0) is 19.5 Å². The summed E-state index contributed by atoms with van der Waals surface area (Å²) < 4.78 is 36.1. The molecule has 2 rings (SSSR count). The van der Waals surface area contributed by atoms with E-state index in [1.807, 2.05) is 0 Å². The van der Waals surface area contributed by atoms with Gasteiger partial charge in [0.05, 0.1) is 30.2 Å². The number of hydrogen-bond acceptors (Lipinski definition) is 6. The summed E-state index contributed by atoms with van der Waals surface area (Å²) in [6, 6.07) is 11.1. The normalized spacial score (nSPS) is 10.8. The second-order valence-electron chi connectivity index (χ2n) is 4.69. The molecule has 8 heteroatoms. The Bertz CT molecular complexity index is 841. The number of anilines is 1. The van der Waals surface area contributed by atoms with Crippen LogP contribution in [0.25, 0.3) is 0 Å². The lowest BCUT2D eigenvalue weighted by atomic mass is 10.2. The molecular formula is C16H15NO6S. The van der Waals surface area contributed by atoms with E-state index in [2.05, 4.69) is 14.2 Å². The summed E-state index contributed by atoms with van der Waals surface area (Å²) >= 11 is 0. The molecule has 0 unspecified atom stereocenters. The van der Waals surface area contributed by atoms with Crippen LogP contribution in [0.2, 0.25) is 0 Å². The summed E-state index contributed by atoms with van der Waals surface area (Å²) in [5.41, 5.74) is 0.849. The Labute approximate surface area is 139 Å². The van der Waals surface area contributed by atoms with E-state index >= 15 is 0 Å². The van der Waals surface area contributed by atoms with Crippen LogP contribution in [-0.4, -0.2) is 34.6 Å². The lowest BCUT2D eigenvalue weighted by Gasteiger charge is -2.09. The zero-order valence-electron chi connectivity index (χ0n) is 13.0. The Morgan fingerprint density at radius 1 is 0.792 bits per heavy atom. The van der Waals surface area contributed by atoms with Crippen molar-refractivity contribution in [2.75, 3.05) is 18.9 Å². The van der Waals surface area contributed by atoms with Crippen molar-refractivity contribution in [1.29, 1.82) is 0 Å². The Hall–Kier alpha value is -2.87. The Morgan fingerprint density at radius 3 is 1.62 bits per heavy atom. The van der Waals surface area contributed by atoms with Crippen molar-refractivity contribution >= 4 is 27.6 Å². The van der Waals surface area contributed by atoms with Gasteiger partial charge in [0.15, 0.2) is 0 Å². The maximum atomic E-state index is 12.3. The molecule has 0 heterocycles. The van der Waals surface area contributed by atoms with E-state index in [-0.39, 0.29) is 10.5 Å². The van der Waals surface area contributed by atoms with Crippen molar-refractivity contribution in [2.45, 2.75) is 4.90 Å². The van der Waals surface area contributed by atoms with Crippen LogP contribution in [0, 0.1) is 0 Å². The molecule has 0 bridgehead atoms. The predicted octanol–water partition coefficient (Wildman–Crippen LogP) is 2.06. The molecule has 126 valence electrons. The molecular weight excluding hydrogens is 334 g/mol. The Kier molecular flexibility index (Phi) is 5.20. The molecule has 0 aliphatic rings. The summed E-state index contributed by atoms with van der Waals surface area (Å²) in [7, 11) is -1.32. The van der Waals surface area contributed by atoms with Crippen molar-refractivity contribution in [3.8, 4) is 0 Å². The maximum Gasteiger partial charge on any atom is 0.337 e. The number of hydrogen-bond donors (Lipinski definition) is 1. The van der Waals surface area contributed by atoms with Crippen molar-refractivity contribution in [2.24, 2.45) is 0 Å². The molecule has 0 amide bonds. The molecule has 0 spiro atoms. The minimum atomic E-state index is -3.82. The van der Waals surface area contributed by atoms with Gasteiger partial charge >= 0.3 is 11.9 Å². The van der Waals surface area contributed by atoms with Crippen molar-refractivity contribution < 1.29 is 27.5 Å². The van der Waals surface area contributed by atoms with E-state index in [1.54, 1.807) is 0 Å². The van der Waals surface area contributed by atoms with E-state index < -0.39 is 22.0 Å². The molecule has 0 saturated heterocycles. The van der Waals surface area contributed by atoms with Crippen LogP contribution in [0.1, 0.15) is 20.7 Å². The molecule has 24 heavy (non-hydrogen) atoms. The van der Waals surface area contributed by atoms with E-state index in [1.165, 1.54) is 62.8 Å². The van der Waals surface area contributed by atoms with Gasteiger partial charge in [-0.3, -0.25) is 4.72 Å². The second-order valence-corrected chi connectivity index (χ2v) is 6.37. The fourth-order valence-corrected chi connectivity index (χ4v) is 2.95. The third kappa shape index (κ3) is 3.90. The van der Waals surface area contributed by atoms with Gasteiger partial charge in [0.2, 0.25) is 0 Å². The zero-order valence-corrected chi connectivity index (χ0v) is 13.8. The molecule has 0 aliphatic heterocycles. The average Bonchev–Trinajstić information content (AvgIpc) is 2.60. The van der Waals surface area contributed by atoms with Crippen molar-refractivity contribution in [3.05, 3.63) is 59.7 Å². The highest BCUT2D eigenvalue weighted by Gasteiger charge is 2.16. The monoisotopic (exact) mass is 349 g/mol. The molecule has 0 fully saturated rings. The van der Waals surface area contributed by atoms with Crippen LogP contribution in [0.5, 0.6) is 0 Å². The fraction of sp³-hybridized carbons (Fsp3) is 0.125. The molecule has 7 nitrogen and oxygen atoms in total. The van der Waals surface area contributed by atoms with Crippen molar-refractivity contribution in [3.63, 3.8) is 0 Å². The third-order valence-corrected chi connectivity index (χ3v) is 4.54. The zero-order chi connectivity index (χ0) is 17.7. The molecule has 0 aliphatic carbocycles. The number of methoxy groups -OCH3 is 2. The number of carbonyl (C=O) groups is 2. The predicted molar refractivity (Wildman–Crippen MR) is 86.4 cm³/mol. The number of ether oxygens (including phenoxy) is 2. The maximum absolute atomic E-state index is 12.3. The lowest BCUT2D eigenvalue weighted by Crippen LogP contribution is -2.13. The average molecular weight is 349 g/mol. The molecule has 2 aromatic rings. The Balaban J connectivity index is 2.19. The molecule has 1 N–H and O–H groups in total. The van der Waals surface area contributed by atoms with E-state index in [0.29, 0.717) is 11.3 Å². The smallest absolute Gasteiger partial charge is 0.337 e. The molecule has 0 atom stereocenters. The van der Waals surface area contributed by atoms with E-state index in [0.717, 1.165) is 0 Å². The second kappa shape index (κ2) is 7.14. The van der Waals surface area contributed by atoms with Gasteiger partial charge in [-0.25, -0.2) is 18.0 Å². The molecule has 2 aromatic carbocycles. The van der Waals surface area contributed by atoms with Crippen LogP contribution >= 0.6 is 0 Å². The summed E-state index contributed by atoms with van der Waals surface area (Å²) in [4.78, 5) is 22.7. The van der Waals surface area contributed by atoms with Crippen molar-refractivity contribution in [1.82, 2.24) is 0 Å². The van der Waals surface area contributed by atoms with Gasteiger partial charge in [-0.15, -0.1) is 0 Å². The van der Waals surface area contributed by atoms with Gasteiger partial charge in [0, 0.05) is 5.69 Å². The number of rotatable bonds is 5. The van der Waals surface area contributed by atoms with Gasteiger partial charge in [-0.2, -0.15) is 0 Å². The summed E-state index contributed by atoms with van der Waals surface area (Å²) in [5, 5.41) is 0. The number of benzene rings is 2. The highest BCUT2D eigenvalue weighted by Crippen LogP contribution is 2.18. The number of carbonyl (C=O) groups excluding carboxylic acids is 2. The first-order valence-electron chi connectivity index (χ1n) is 6.77. The van der Waals surface area contributed by atoms with Crippen LogP contribution in [0.4, 0.5) is 5.69 Å². The first-order chi connectivity index (χ1) is 11.4. The fourth-order valence-electron chi connectivity index (χ4n) is 1.89. The quantitative estimate of drug-likeness (QED) is 0.830. The number of sulfonamides is 1. The minimum Gasteiger partial charge on any atom is -0.465 e. The topological polar surface area (TPSA) is 98.8 Å². The minimum absolute atomic E-state index is 0.00722. The van der Waals surface area contributed by atoms with Gasteiger partial charge in [-0.05, 0) is 48.5 Å². The highest BCUT2D eigenvalue weighted by molar-refractivity contribution is 7.92. The standard InChI is InChI=1S/C16H15NO6S/c1-22-15(18)11-3-7-13(8-4-11)17-24(20,21)14-9-5-12(6-10-14)16(19)23-2/h3-10,17H,1-2H3. The summed E-state index contributed by atoms with van der Waals surface area (Å²) in [6.45, 7) is 0. The van der Waals surface area contributed by atoms with Gasteiger partial charge in [0.1, 0.15) is 0 Å². The number of nitrogens with one attached hydrogen (secondary N) is 1. The van der Waals surface area contributed by atoms with E-state index in [4.69, 9.17) is 0 Å². The lowest BCUT2D eigenvalue weighted by molar-refractivity contribution is 0.0592. The molecule has 0 radical (unpaired) electrons. The molecule has 0 saturated carbocycles. The van der Waals surface area contributed by atoms with Crippen LogP contribution < -0.4 is 4.72 Å². The molecule has 0 aromatic heterocycles. The Morgan fingerprint density at radius 2 is 1.21 bits per heavy atom. The SMILES string of the molecule is COC(=O)c1ccc(NS(=O)(=O)c2ccc(C(=O)OC)cc2)cc1. The largest absolute Gasteiger partial charge is 0.465 e. The first-order valence-corrected chi connectivity index (χ1v) is 8.25. The van der Waals surface area contributed by atoms with Gasteiger partial charge in [-0.1, -0.05) is 0 Å². The summed E-state index contributed by atoms with van der Waals surface area (Å²) in [5.74, 6) is -1.06. The van der Waals surface area contributed by atoms with Crippen LogP contribution in [0.3, 0.4) is 0 Å². The van der Waals surface area contributed by atoms with E-state index in [9.17, 15) is 18.0 Å². The summed E-state index contributed by atoms with van der Waals surface area (Å²) in [6.07, 6.45) is 0.